The van der Waals surface area contributed by atoms with Crippen molar-refractivity contribution in [1.82, 2.24) is 14.4 Å². The molecule has 4 rings (SSSR count). The minimum absolute atomic E-state index is 0.415. The molecule has 2 aliphatic rings. The van der Waals surface area contributed by atoms with Gasteiger partial charge >= 0.3 is 10.2 Å². The Morgan fingerprint density at radius 2 is 1.96 bits per heavy atom. The van der Waals surface area contributed by atoms with Crippen LogP contribution >= 0.6 is 0 Å². The van der Waals surface area contributed by atoms with Crippen LogP contribution in [-0.4, -0.2) is 36.0 Å². The second kappa shape index (κ2) is 6.18. The van der Waals surface area contributed by atoms with Gasteiger partial charge in [0, 0.05) is 19.0 Å². The highest BCUT2D eigenvalue weighted by Crippen LogP contribution is 2.38. The van der Waals surface area contributed by atoms with E-state index in [4.69, 9.17) is 4.52 Å². The van der Waals surface area contributed by atoms with E-state index in [0.717, 1.165) is 37.1 Å². The molecular formula is C16H20N4O3S. The monoisotopic (exact) mass is 348 g/mol. The summed E-state index contributed by atoms with van der Waals surface area (Å²) in [6.07, 6.45) is 4.47. The molecule has 0 radical (unpaired) electrons. The average Bonchev–Trinajstić information content (AvgIpc) is 3.07. The number of para-hydroxylation sites is 1. The topological polar surface area (TPSA) is 88.3 Å². The summed E-state index contributed by atoms with van der Waals surface area (Å²) < 4.78 is 34.4. The van der Waals surface area contributed by atoms with Crippen molar-refractivity contribution in [3.63, 3.8) is 0 Å². The number of nitrogens with one attached hydrogen (secondary N) is 1. The van der Waals surface area contributed by atoms with Crippen LogP contribution in [-0.2, 0) is 16.6 Å². The molecule has 1 aromatic carbocycles. The van der Waals surface area contributed by atoms with E-state index in [1.807, 2.05) is 18.2 Å². The maximum atomic E-state index is 12.5. The summed E-state index contributed by atoms with van der Waals surface area (Å²) in [5.41, 5.74) is 1.39. The largest absolute Gasteiger partial charge is 0.339 e. The molecule has 128 valence electrons. The molecule has 2 fully saturated rings. The first-order valence-corrected chi connectivity index (χ1v) is 9.74. The van der Waals surface area contributed by atoms with Crippen molar-refractivity contribution in [3.8, 4) is 0 Å². The molecule has 0 amide bonds. The van der Waals surface area contributed by atoms with E-state index in [9.17, 15) is 8.42 Å². The van der Waals surface area contributed by atoms with Gasteiger partial charge in [0.15, 0.2) is 5.82 Å². The number of nitrogens with zero attached hydrogens (tertiary/aromatic N) is 3. The number of hydrogen-bond acceptors (Lipinski definition) is 5. The number of rotatable bonds is 6. The fraction of sp³-hybridized carbons (Fsp3) is 0.500. The molecule has 0 atom stereocenters. The summed E-state index contributed by atoms with van der Waals surface area (Å²) in [6.45, 7) is 1.15. The highest BCUT2D eigenvalue weighted by atomic mass is 32.2. The van der Waals surface area contributed by atoms with Crippen molar-refractivity contribution in [2.24, 2.45) is 0 Å². The van der Waals surface area contributed by atoms with Gasteiger partial charge in [0.05, 0.1) is 12.1 Å². The standard InChI is InChI=1S/C16H20N4O3S/c21-24(22,20-9-3-4-10-20)19-14-6-2-1-5-13(14)11-15-17-16(18-23-15)12-7-8-12/h1-2,5-6,12,19H,3-4,7-11H2. The lowest BCUT2D eigenvalue weighted by Crippen LogP contribution is -2.33. The molecule has 1 saturated carbocycles. The first kappa shape index (κ1) is 15.6. The van der Waals surface area contributed by atoms with Crippen molar-refractivity contribution in [1.29, 1.82) is 0 Å². The van der Waals surface area contributed by atoms with Crippen LogP contribution in [0.15, 0.2) is 28.8 Å². The highest BCUT2D eigenvalue weighted by Gasteiger charge is 2.29. The van der Waals surface area contributed by atoms with E-state index >= 15 is 0 Å². The van der Waals surface area contributed by atoms with E-state index in [0.29, 0.717) is 37.0 Å². The second-order valence-electron chi connectivity index (χ2n) is 6.37. The third kappa shape index (κ3) is 3.29. The van der Waals surface area contributed by atoms with E-state index in [1.54, 1.807) is 6.07 Å². The minimum Gasteiger partial charge on any atom is -0.339 e. The Bertz CT molecular complexity index is 823. The van der Waals surface area contributed by atoms with Gasteiger partial charge in [-0.25, -0.2) is 0 Å². The molecule has 1 aliphatic carbocycles. The maximum Gasteiger partial charge on any atom is 0.301 e. The fourth-order valence-corrected chi connectivity index (χ4v) is 4.26. The molecule has 0 spiro atoms. The molecule has 2 aromatic rings. The Morgan fingerprint density at radius 3 is 2.71 bits per heavy atom. The van der Waals surface area contributed by atoms with Gasteiger partial charge < -0.3 is 4.52 Å². The van der Waals surface area contributed by atoms with Crippen LogP contribution in [0.5, 0.6) is 0 Å². The molecule has 1 aromatic heterocycles. The van der Waals surface area contributed by atoms with Gasteiger partial charge in [-0.05, 0) is 37.3 Å². The lowest BCUT2D eigenvalue weighted by molar-refractivity contribution is 0.379. The van der Waals surface area contributed by atoms with Gasteiger partial charge in [-0.2, -0.15) is 17.7 Å². The van der Waals surface area contributed by atoms with Crippen molar-refractivity contribution < 1.29 is 12.9 Å². The smallest absolute Gasteiger partial charge is 0.301 e. The SMILES string of the molecule is O=S(=O)(Nc1ccccc1Cc1nc(C2CC2)no1)N1CCCC1. The fourth-order valence-electron chi connectivity index (χ4n) is 2.92. The molecule has 1 saturated heterocycles. The maximum absolute atomic E-state index is 12.5. The summed E-state index contributed by atoms with van der Waals surface area (Å²) in [7, 11) is -3.51. The first-order valence-electron chi connectivity index (χ1n) is 8.30. The number of aromatic nitrogens is 2. The van der Waals surface area contributed by atoms with Crippen LogP contribution in [0, 0.1) is 0 Å². The van der Waals surface area contributed by atoms with Crippen LogP contribution in [0.1, 0.15) is 48.9 Å². The molecule has 2 heterocycles. The zero-order chi connectivity index (χ0) is 16.6. The van der Waals surface area contributed by atoms with E-state index in [-0.39, 0.29) is 0 Å². The van der Waals surface area contributed by atoms with Gasteiger partial charge in [-0.1, -0.05) is 23.4 Å². The van der Waals surface area contributed by atoms with Crippen molar-refractivity contribution >= 4 is 15.9 Å². The van der Waals surface area contributed by atoms with Crippen LogP contribution in [0.3, 0.4) is 0 Å². The Kier molecular flexibility index (Phi) is 4.01. The zero-order valence-electron chi connectivity index (χ0n) is 13.3. The summed E-state index contributed by atoms with van der Waals surface area (Å²) in [5, 5.41) is 4.01. The van der Waals surface area contributed by atoms with Crippen molar-refractivity contribution in [2.45, 2.75) is 38.0 Å². The average molecular weight is 348 g/mol. The van der Waals surface area contributed by atoms with Crippen molar-refractivity contribution in [2.75, 3.05) is 17.8 Å². The molecule has 0 bridgehead atoms. The van der Waals surface area contributed by atoms with Gasteiger partial charge in [0.1, 0.15) is 0 Å². The van der Waals surface area contributed by atoms with Crippen LogP contribution < -0.4 is 4.72 Å². The van der Waals surface area contributed by atoms with Gasteiger partial charge in [-0.15, -0.1) is 0 Å². The lowest BCUT2D eigenvalue weighted by atomic mass is 10.1. The van der Waals surface area contributed by atoms with Gasteiger partial charge in [0.25, 0.3) is 0 Å². The molecule has 0 unspecified atom stereocenters. The van der Waals surface area contributed by atoms with Gasteiger partial charge in [-0.3, -0.25) is 4.72 Å². The van der Waals surface area contributed by atoms with E-state index < -0.39 is 10.2 Å². The van der Waals surface area contributed by atoms with E-state index in [1.165, 1.54) is 4.31 Å². The summed E-state index contributed by atoms with van der Waals surface area (Å²) in [6, 6.07) is 7.33. The third-order valence-electron chi connectivity index (χ3n) is 4.43. The predicted octanol–water partition coefficient (Wildman–Crippen LogP) is 2.29. The molecular weight excluding hydrogens is 328 g/mol. The summed E-state index contributed by atoms with van der Waals surface area (Å²) in [4.78, 5) is 4.42. The first-order chi connectivity index (χ1) is 11.6. The summed E-state index contributed by atoms with van der Waals surface area (Å²) >= 11 is 0. The molecule has 24 heavy (non-hydrogen) atoms. The predicted molar refractivity (Wildman–Crippen MR) is 88.9 cm³/mol. The van der Waals surface area contributed by atoms with Crippen molar-refractivity contribution in [3.05, 3.63) is 41.5 Å². The number of benzene rings is 1. The minimum atomic E-state index is -3.51. The molecule has 8 heteroatoms. The second-order valence-corrected chi connectivity index (χ2v) is 8.04. The normalized spacial score (nSPS) is 18.8. The molecule has 1 aliphatic heterocycles. The van der Waals surface area contributed by atoms with Crippen LogP contribution in [0.2, 0.25) is 0 Å². The Labute approximate surface area is 141 Å². The Balaban J connectivity index is 1.53. The van der Waals surface area contributed by atoms with Crippen LogP contribution in [0.25, 0.3) is 0 Å². The highest BCUT2D eigenvalue weighted by molar-refractivity contribution is 7.90. The number of anilines is 1. The molecule has 7 nitrogen and oxygen atoms in total. The van der Waals surface area contributed by atoms with E-state index in [2.05, 4.69) is 14.9 Å². The molecule has 1 N–H and O–H groups in total. The van der Waals surface area contributed by atoms with Crippen LogP contribution in [0.4, 0.5) is 5.69 Å². The zero-order valence-corrected chi connectivity index (χ0v) is 14.1. The lowest BCUT2D eigenvalue weighted by Gasteiger charge is -2.18. The quantitative estimate of drug-likeness (QED) is 0.865. The Morgan fingerprint density at radius 1 is 1.21 bits per heavy atom. The summed E-state index contributed by atoms with van der Waals surface area (Å²) in [5.74, 6) is 1.72. The third-order valence-corrected chi connectivity index (χ3v) is 5.95. The van der Waals surface area contributed by atoms with Gasteiger partial charge in [0.2, 0.25) is 5.89 Å². The Hall–Kier alpha value is -1.93. The number of hydrogen-bond donors (Lipinski definition) is 1.